The molecule has 0 aliphatic heterocycles. The van der Waals surface area contributed by atoms with E-state index in [9.17, 15) is 4.79 Å². The molecule has 94 valence electrons. The molecule has 0 unspecified atom stereocenters. The Morgan fingerprint density at radius 2 is 2.11 bits per heavy atom. The Balaban J connectivity index is 1.75. The molecule has 2 heterocycles. The van der Waals surface area contributed by atoms with Gasteiger partial charge in [-0.1, -0.05) is 5.16 Å². The summed E-state index contributed by atoms with van der Waals surface area (Å²) in [4.78, 5) is 15.6. The third kappa shape index (κ3) is 2.52. The lowest BCUT2D eigenvalue weighted by Gasteiger charge is -2.05. The number of ether oxygens (including phenoxy) is 1. The maximum Gasteiger partial charge on any atom is 0.419 e. The Labute approximate surface area is 108 Å². The van der Waals surface area contributed by atoms with Crippen LogP contribution in [-0.2, 0) is 0 Å². The number of carbonyl (C=O) groups is 1. The van der Waals surface area contributed by atoms with Crippen LogP contribution in [0.3, 0.4) is 0 Å². The number of nitrogens with one attached hydrogen (secondary N) is 1. The highest BCUT2D eigenvalue weighted by Gasteiger charge is 2.07. The number of fused-ring (bicyclic) bond motifs is 1. The third-order valence-corrected chi connectivity index (χ3v) is 2.49. The van der Waals surface area contributed by atoms with Crippen molar-refractivity contribution in [2.24, 2.45) is 0 Å². The maximum absolute atomic E-state index is 11.6. The van der Waals surface area contributed by atoms with E-state index in [0.717, 1.165) is 10.8 Å². The SMILES string of the molecule is O=C(Nc1ccno1)Oc1ccc2cnccc2c1. The van der Waals surface area contributed by atoms with Crippen LogP contribution in [0.4, 0.5) is 10.7 Å². The molecule has 0 spiro atoms. The number of anilines is 1. The standard InChI is InChI=1S/C13H9N3O3/c17-13(16-12-4-6-15-19-12)18-11-2-1-10-8-14-5-3-9(10)7-11/h1-8H,(H,16,17). The molecule has 3 aromatic rings. The summed E-state index contributed by atoms with van der Waals surface area (Å²) in [5, 5.41) is 7.81. The molecule has 1 aromatic carbocycles. The quantitative estimate of drug-likeness (QED) is 0.761. The smallest absolute Gasteiger partial charge is 0.410 e. The second-order valence-electron chi connectivity index (χ2n) is 3.78. The van der Waals surface area contributed by atoms with Crippen molar-refractivity contribution >= 4 is 22.7 Å². The fourth-order valence-electron chi connectivity index (χ4n) is 1.64. The summed E-state index contributed by atoms with van der Waals surface area (Å²) in [6.07, 6.45) is 4.22. The van der Waals surface area contributed by atoms with Crippen molar-refractivity contribution in [3.63, 3.8) is 0 Å². The van der Waals surface area contributed by atoms with E-state index in [1.54, 1.807) is 24.5 Å². The molecule has 0 bridgehead atoms. The number of benzene rings is 1. The Kier molecular flexibility index (Phi) is 2.82. The Bertz CT molecular complexity index is 710. The van der Waals surface area contributed by atoms with Crippen LogP contribution < -0.4 is 10.1 Å². The van der Waals surface area contributed by atoms with Gasteiger partial charge in [-0.3, -0.25) is 10.3 Å². The minimum absolute atomic E-state index is 0.231. The molecule has 0 radical (unpaired) electrons. The van der Waals surface area contributed by atoms with Crippen LogP contribution in [-0.4, -0.2) is 16.2 Å². The van der Waals surface area contributed by atoms with Gasteiger partial charge in [0.2, 0.25) is 5.88 Å². The van der Waals surface area contributed by atoms with E-state index in [0.29, 0.717) is 5.75 Å². The monoisotopic (exact) mass is 255 g/mol. The number of pyridine rings is 1. The molecule has 19 heavy (non-hydrogen) atoms. The van der Waals surface area contributed by atoms with Gasteiger partial charge in [0.05, 0.1) is 6.20 Å². The summed E-state index contributed by atoms with van der Waals surface area (Å²) >= 11 is 0. The zero-order valence-electron chi connectivity index (χ0n) is 9.74. The van der Waals surface area contributed by atoms with Gasteiger partial charge < -0.3 is 9.26 Å². The van der Waals surface area contributed by atoms with E-state index in [-0.39, 0.29) is 5.88 Å². The maximum atomic E-state index is 11.6. The van der Waals surface area contributed by atoms with E-state index < -0.39 is 6.09 Å². The van der Waals surface area contributed by atoms with Gasteiger partial charge in [0, 0.05) is 23.8 Å². The molecular formula is C13H9N3O3. The first-order valence-corrected chi connectivity index (χ1v) is 5.54. The average Bonchev–Trinajstić information content (AvgIpc) is 2.91. The average molecular weight is 255 g/mol. The number of amides is 1. The number of hydrogen-bond donors (Lipinski definition) is 1. The molecule has 0 atom stereocenters. The molecule has 0 saturated heterocycles. The van der Waals surface area contributed by atoms with Crippen LogP contribution in [0.15, 0.2) is 53.4 Å². The van der Waals surface area contributed by atoms with E-state index >= 15 is 0 Å². The van der Waals surface area contributed by atoms with E-state index in [1.165, 1.54) is 12.3 Å². The van der Waals surface area contributed by atoms with Crippen molar-refractivity contribution in [1.82, 2.24) is 10.1 Å². The van der Waals surface area contributed by atoms with Crippen LogP contribution >= 0.6 is 0 Å². The van der Waals surface area contributed by atoms with Crippen molar-refractivity contribution < 1.29 is 14.1 Å². The van der Waals surface area contributed by atoms with Gasteiger partial charge >= 0.3 is 6.09 Å². The van der Waals surface area contributed by atoms with Crippen LogP contribution in [0.5, 0.6) is 5.75 Å². The first kappa shape index (κ1) is 11.2. The predicted octanol–water partition coefficient (Wildman–Crippen LogP) is 2.83. The van der Waals surface area contributed by atoms with Crippen molar-refractivity contribution in [2.45, 2.75) is 0 Å². The van der Waals surface area contributed by atoms with Crippen LogP contribution in [0.25, 0.3) is 10.8 Å². The molecule has 0 aliphatic rings. The minimum atomic E-state index is -0.634. The molecular weight excluding hydrogens is 246 g/mol. The predicted molar refractivity (Wildman–Crippen MR) is 67.9 cm³/mol. The topological polar surface area (TPSA) is 77.2 Å². The zero-order chi connectivity index (χ0) is 13.1. The van der Waals surface area contributed by atoms with Crippen molar-refractivity contribution in [3.8, 4) is 5.75 Å². The van der Waals surface area contributed by atoms with Gasteiger partial charge in [0.1, 0.15) is 5.75 Å². The van der Waals surface area contributed by atoms with Crippen molar-refractivity contribution in [3.05, 3.63) is 48.9 Å². The van der Waals surface area contributed by atoms with Crippen molar-refractivity contribution in [2.75, 3.05) is 5.32 Å². The summed E-state index contributed by atoms with van der Waals surface area (Å²) < 4.78 is 9.88. The number of carbonyl (C=O) groups excluding carboxylic acids is 1. The van der Waals surface area contributed by atoms with Gasteiger partial charge in [-0.2, -0.15) is 0 Å². The highest BCUT2D eigenvalue weighted by Crippen LogP contribution is 2.20. The summed E-state index contributed by atoms with van der Waals surface area (Å²) in [6.45, 7) is 0. The Hall–Kier alpha value is -2.89. The fourth-order valence-corrected chi connectivity index (χ4v) is 1.64. The number of nitrogens with zero attached hydrogens (tertiary/aromatic N) is 2. The van der Waals surface area contributed by atoms with Gasteiger partial charge in [0.15, 0.2) is 0 Å². The minimum Gasteiger partial charge on any atom is -0.410 e. The fraction of sp³-hybridized carbons (Fsp3) is 0. The van der Waals surface area contributed by atoms with Gasteiger partial charge in [-0.25, -0.2) is 4.79 Å². The largest absolute Gasteiger partial charge is 0.419 e. The number of hydrogen-bond acceptors (Lipinski definition) is 5. The lowest BCUT2D eigenvalue weighted by Crippen LogP contribution is -2.16. The van der Waals surface area contributed by atoms with Gasteiger partial charge in [-0.05, 0) is 29.7 Å². The first-order chi connectivity index (χ1) is 9.31. The van der Waals surface area contributed by atoms with Crippen LogP contribution in [0.1, 0.15) is 0 Å². The summed E-state index contributed by atoms with van der Waals surface area (Å²) in [5.41, 5.74) is 0. The molecule has 0 fully saturated rings. The summed E-state index contributed by atoms with van der Waals surface area (Å²) in [5.74, 6) is 0.672. The molecule has 6 nitrogen and oxygen atoms in total. The van der Waals surface area contributed by atoms with Crippen LogP contribution in [0, 0.1) is 0 Å². The summed E-state index contributed by atoms with van der Waals surface area (Å²) in [6, 6.07) is 8.66. The van der Waals surface area contributed by atoms with Crippen LogP contribution in [0.2, 0.25) is 0 Å². The second kappa shape index (κ2) is 4.77. The molecule has 2 aromatic heterocycles. The lowest BCUT2D eigenvalue weighted by atomic mass is 10.2. The van der Waals surface area contributed by atoms with E-state index in [4.69, 9.17) is 9.26 Å². The lowest BCUT2D eigenvalue weighted by molar-refractivity contribution is 0.214. The molecule has 0 saturated carbocycles. The highest BCUT2D eigenvalue weighted by atomic mass is 16.6. The van der Waals surface area contributed by atoms with E-state index in [2.05, 4.69) is 15.5 Å². The summed E-state index contributed by atoms with van der Waals surface area (Å²) in [7, 11) is 0. The van der Waals surface area contributed by atoms with E-state index in [1.807, 2.05) is 12.1 Å². The molecule has 1 amide bonds. The van der Waals surface area contributed by atoms with Crippen molar-refractivity contribution in [1.29, 1.82) is 0 Å². The molecule has 6 heteroatoms. The number of rotatable bonds is 2. The van der Waals surface area contributed by atoms with Gasteiger partial charge in [-0.15, -0.1) is 0 Å². The molecule has 3 rings (SSSR count). The second-order valence-corrected chi connectivity index (χ2v) is 3.78. The Morgan fingerprint density at radius 1 is 1.16 bits per heavy atom. The molecule has 0 aliphatic carbocycles. The normalized spacial score (nSPS) is 10.3. The molecule has 1 N–H and O–H groups in total. The first-order valence-electron chi connectivity index (χ1n) is 5.54. The third-order valence-electron chi connectivity index (χ3n) is 2.49. The zero-order valence-corrected chi connectivity index (χ0v) is 9.74. The Morgan fingerprint density at radius 3 is 2.95 bits per heavy atom. The highest BCUT2D eigenvalue weighted by molar-refractivity contribution is 5.87. The number of aromatic nitrogens is 2. The van der Waals surface area contributed by atoms with Gasteiger partial charge in [0.25, 0.3) is 0 Å².